The molecule has 1 heterocycles. The number of methoxy groups -OCH3 is 1. The lowest BCUT2D eigenvalue weighted by molar-refractivity contribution is 0.382. The molecule has 3 heteroatoms. The summed E-state index contributed by atoms with van der Waals surface area (Å²) in [5.41, 5.74) is 1.12. The van der Waals surface area contributed by atoms with Gasteiger partial charge in [0.2, 0.25) is 0 Å². The summed E-state index contributed by atoms with van der Waals surface area (Å²) in [5.74, 6) is 2.07. The van der Waals surface area contributed by atoms with Gasteiger partial charge in [-0.2, -0.15) is 0 Å². The van der Waals surface area contributed by atoms with Crippen molar-refractivity contribution < 1.29 is 4.74 Å². The molecule has 1 aliphatic rings. The molecule has 0 amide bonds. The highest BCUT2D eigenvalue weighted by atomic mass is 16.5. The normalized spacial score (nSPS) is 29.3. The van der Waals surface area contributed by atoms with Crippen molar-refractivity contribution in [1.29, 1.82) is 0 Å². The molecule has 1 aromatic rings. The number of nitrogens with zero attached hydrogens (tertiary/aromatic N) is 1. The van der Waals surface area contributed by atoms with Crippen LogP contribution in [0, 0.1) is 5.92 Å². The summed E-state index contributed by atoms with van der Waals surface area (Å²) >= 11 is 0. The second kappa shape index (κ2) is 4.83. The van der Waals surface area contributed by atoms with Crippen LogP contribution in [0.2, 0.25) is 0 Å². The van der Waals surface area contributed by atoms with Gasteiger partial charge in [0.15, 0.2) is 0 Å². The van der Waals surface area contributed by atoms with Crippen LogP contribution in [0.4, 0.5) is 0 Å². The molecule has 1 aromatic heterocycles. The van der Waals surface area contributed by atoms with Crippen molar-refractivity contribution in [2.75, 3.05) is 14.2 Å². The van der Waals surface area contributed by atoms with E-state index in [1.165, 1.54) is 12.8 Å². The van der Waals surface area contributed by atoms with E-state index < -0.39 is 0 Å². The van der Waals surface area contributed by atoms with Crippen LogP contribution in [-0.2, 0) is 0 Å². The largest absolute Gasteiger partial charge is 0.495 e. The van der Waals surface area contributed by atoms with E-state index in [1.807, 2.05) is 25.4 Å². The summed E-state index contributed by atoms with van der Waals surface area (Å²) < 4.78 is 5.39. The highest BCUT2D eigenvalue weighted by Gasteiger charge is 2.34. The average molecular weight is 220 g/mol. The first-order valence-corrected chi connectivity index (χ1v) is 5.94. The summed E-state index contributed by atoms with van der Waals surface area (Å²) in [5, 5.41) is 3.38. The lowest BCUT2D eigenvalue weighted by Gasteiger charge is -2.21. The third-order valence-corrected chi connectivity index (χ3v) is 3.80. The van der Waals surface area contributed by atoms with E-state index in [4.69, 9.17) is 4.74 Å². The highest BCUT2D eigenvalue weighted by molar-refractivity contribution is 5.31. The second-order valence-electron chi connectivity index (χ2n) is 4.53. The molecule has 0 aliphatic heterocycles. The van der Waals surface area contributed by atoms with Crippen molar-refractivity contribution in [1.82, 2.24) is 10.3 Å². The standard InChI is InChI=1S/C13H20N2O/c1-9-10(6-7-11(9)14-2)13-12(16-3)5-4-8-15-13/h4-5,8-11,14H,6-7H2,1-3H3. The molecule has 1 N–H and O–H groups in total. The minimum Gasteiger partial charge on any atom is -0.495 e. The molecular formula is C13H20N2O. The third kappa shape index (κ3) is 1.92. The molecule has 0 bridgehead atoms. The number of ether oxygens (including phenoxy) is 1. The maximum absolute atomic E-state index is 5.39. The van der Waals surface area contributed by atoms with E-state index in [0.29, 0.717) is 17.9 Å². The van der Waals surface area contributed by atoms with Gasteiger partial charge in [-0.05, 0) is 37.9 Å². The SMILES string of the molecule is CNC1CCC(c2ncccc2OC)C1C. The van der Waals surface area contributed by atoms with E-state index >= 15 is 0 Å². The van der Waals surface area contributed by atoms with Crippen LogP contribution in [0.5, 0.6) is 5.75 Å². The third-order valence-electron chi connectivity index (χ3n) is 3.80. The molecule has 0 saturated heterocycles. The van der Waals surface area contributed by atoms with Gasteiger partial charge in [-0.25, -0.2) is 0 Å². The smallest absolute Gasteiger partial charge is 0.140 e. The molecule has 1 saturated carbocycles. The monoisotopic (exact) mass is 220 g/mol. The summed E-state index contributed by atoms with van der Waals surface area (Å²) in [7, 11) is 3.76. The molecule has 0 aromatic carbocycles. The first-order valence-electron chi connectivity index (χ1n) is 5.94. The predicted molar refractivity (Wildman–Crippen MR) is 64.8 cm³/mol. The Labute approximate surface area is 97.2 Å². The molecule has 0 spiro atoms. The van der Waals surface area contributed by atoms with Gasteiger partial charge in [-0.3, -0.25) is 4.98 Å². The van der Waals surface area contributed by atoms with Crippen LogP contribution >= 0.6 is 0 Å². The van der Waals surface area contributed by atoms with E-state index in [-0.39, 0.29) is 0 Å². The summed E-state index contributed by atoms with van der Waals surface area (Å²) in [6.07, 6.45) is 4.28. The molecule has 3 atom stereocenters. The fourth-order valence-corrected chi connectivity index (χ4v) is 2.81. The first kappa shape index (κ1) is 11.4. The minimum absolute atomic E-state index is 0.522. The van der Waals surface area contributed by atoms with Gasteiger partial charge in [0.1, 0.15) is 5.75 Å². The number of aromatic nitrogens is 1. The van der Waals surface area contributed by atoms with Gasteiger partial charge < -0.3 is 10.1 Å². The lowest BCUT2D eigenvalue weighted by atomic mass is 9.92. The average Bonchev–Trinajstić information content (AvgIpc) is 2.70. The van der Waals surface area contributed by atoms with Crippen molar-refractivity contribution >= 4 is 0 Å². The van der Waals surface area contributed by atoms with Gasteiger partial charge in [-0.1, -0.05) is 6.92 Å². The zero-order chi connectivity index (χ0) is 11.5. The van der Waals surface area contributed by atoms with Crippen LogP contribution in [0.1, 0.15) is 31.4 Å². The van der Waals surface area contributed by atoms with E-state index in [9.17, 15) is 0 Å². The van der Waals surface area contributed by atoms with Crippen LogP contribution in [0.25, 0.3) is 0 Å². The zero-order valence-electron chi connectivity index (χ0n) is 10.2. The number of hydrogen-bond acceptors (Lipinski definition) is 3. The van der Waals surface area contributed by atoms with Crippen LogP contribution in [0.15, 0.2) is 18.3 Å². The Balaban J connectivity index is 2.24. The molecule has 1 aliphatic carbocycles. The van der Waals surface area contributed by atoms with Crippen LogP contribution in [-0.4, -0.2) is 25.2 Å². The molecule has 3 nitrogen and oxygen atoms in total. The minimum atomic E-state index is 0.522. The lowest BCUT2D eigenvalue weighted by Crippen LogP contribution is -2.29. The predicted octanol–water partition coefficient (Wildman–Crippen LogP) is 2.19. The molecule has 1 fully saturated rings. The van der Waals surface area contributed by atoms with Crippen molar-refractivity contribution in [3.8, 4) is 5.75 Å². The van der Waals surface area contributed by atoms with E-state index in [2.05, 4.69) is 17.2 Å². The van der Waals surface area contributed by atoms with Crippen LogP contribution in [0.3, 0.4) is 0 Å². The number of pyridine rings is 1. The molecule has 16 heavy (non-hydrogen) atoms. The molecule has 88 valence electrons. The van der Waals surface area contributed by atoms with Gasteiger partial charge in [0.05, 0.1) is 12.8 Å². The zero-order valence-corrected chi connectivity index (χ0v) is 10.2. The van der Waals surface area contributed by atoms with Crippen molar-refractivity contribution in [2.45, 2.75) is 31.7 Å². The van der Waals surface area contributed by atoms with Crippen molar-refractivity contribution in [3.63, 3.8) is 0 Å². The fourth-order valence-electron chi connectivity index (χ4n) is 2.81. The van der Waals surface area contributed by atoms with E-state index in [0.717, 1.165) is 11.4 Å². The molecule has 2 rings (SSSR count). The number of nitrogens with one attached hydrogen (secondary N) is 1. The summed E-state index contributed by atoms with van der Waals surface area (Å²) in [6, 6.07) is 4.54. The maximum Gasteiger partial charge on any atom is 0.140 e. The van der Waals surface area contributed by atoms with Gasteiger partial charge in [0.25, 0.3) is 0 Å². The van der Waals surface area contributed by atoms with Crippen molar-refractivity contribution in [3.05, 3.63) is 24.0 Å². The molecular weight excluding hydrogens is 200 g/mol. The Bertz CT molecular complexity index is 354. The quantitative estimate of drug-likeness (QED) is 0.848. The fraction of sp³-hybridized carbons (Fsp3) is 0.615. The topological polar surface area (TPSA) is 34.2 Å². The molecule has 0 radical (unpaired) electrons. The Hall–Kier alpha value is -1.09. The van der Waals surface area contributed by atoms with E-state index in [1.54, 1.807) is 7.11 Å². The van der Waals surface area contributed by atoms with Gasteiger partial charge >= 0.3 is 0 Å². The summed E-state index contributed by atoms with van der Waals surface area (Å²) in [6.45, 7) is 2.30. The number of rotatable bonds is 3. The maximum atomic E-state index is 5.39. The van der Waals surface area contributed by atoms with Crippen molar-refractivity contribution in [2.24, 2.45) is 5.92 Å². The Morgan fingerprint density at radius 2 is 2.25 bits per heavy atom. The van der Waals surface area contributed by atoms with Gasteiger partial charge in [-0.15, -0.1) is 0 Å². The number of hydrogen-bond donors (Lipinski definition) is 1. The van der Waals surface area contributed by atoms with Gasteiger partial charge in [0, 0.05) is 18.2 Å². The highest BCUT2D eigenvalue weighted by Crippen LogP contribution is 2.41. The second-order valence-corrected chi connectivity index (χ2v) is 4.53. The summed E-state index contributed by atoms with van der Waals surface area (Å²) in [4.78, 5) is 4.50. The van der Waals surface area contributed by atoms with Crippen LogP contribution < -0.4 is 10.1 Å². The Morgan fingerprint density at radius 1 is 1.44 bits per heavy atom. The molecule has 3 unspecified atom stereocenters. The Morgan fingerprint density at radius 3 is 2.88 bits per heavy atom. The first-order chi connectivity index (χ1) is 7.77. The Kier molecular flexibility index (Phi) is 3.44.